The van der Waals surface area contributed by atoms with Gasteiger partial charge in [-0.2, -0.15) is 0 Å². The van der Waals surface area contributed by atoms with Gasteiger partial charge in [-0.15, -0.1) is 11.6 Å². The molecule has 1 rings (SSSR count). The van der Waals surface area contributed by atoms with Crippen molar-refractivity contribution in [2.24, 2.45) is 0 Å². The van der Waals surface area contributed by atoms with Gasteiger partial charge in [0.15, 0.2) is 0 Å². The summed E-state index contributed by atoms with van der Waals surface area (Å²) in [5.74, 6) is 1.43. The molecule has 1 heterocycles. The fourth-order valence-electron chi connectivity index (χ4n) is 0.922. The van der Waals surface area contributed by atoms with Crippen molar-refractivity contribution in [3.8, 4) is 0 Å². The number of rotatable bonds is 3. The Morgan fingerprint density at radius 1 is 1.46 bits per heavy atom. The summed E-state index contributed by atoms with van der Waals surface area (Å²) in [5.41, 5.74) is 1.05. The lowest BCUT2D eigenvalue weighted by molar-refractivity contribution is 0.638. The Morgan fingerprint density at radius 3 is 2.62 bits per heavy atom. The molecule has 1 aromatic heterocycles. The van der Waals surface area contributed by atoms with E-state index >= 15 is 0 Å². The summed E-state index contributed by atoms with van der Waals surface area (Å²) in [7, 11) is 0. The van der Waals surface area contributed by atoms with Crippen LogP contribution in [0.4, 0.5) is 5.82 Å². The van der Waals surface area contributed by atoms with E-state index in [1.807, 2.05) is 39.1 Å². The van der Waals surface area contributed by atoms with Gasteiger partial charge in [0, 0.05) is 17.6 Å². The molecule has 0 spiro atoms. The maximum atomic E-state index is 5.78. The Labute approximate surface area is 84.3 Å². The van der Waals surface area contributed by atoms with E-state index in [2.05, 4.69) is 10.3 Å². The number of nitrogens with zero attached hydrogens (tertiary/aromatic N) is 1. The highest BCUT2D eigenvalue weighted by Crippen LogP contribution is 2.13. The number of pyridine rings is 1. The van der Waals surface area contributed by atoms with Crippen molar-refractivity contribution < 1.29 is 0 Å². The number of alkyl halides is 1. The molecule has 2 nitrogen and oxygen atoms in total. The van der Waals surface area contributed by atoms with Crippen LogP contribution < -0.4 is 5.32 Å². The van der Waals surface area contributed by atoms with Gasteiger partial charge < -0.3 is 5.32 Å². The van der Waals surface area contributed by atoms with Gasteiger partial charge in [-0.25, -0.2) is 4.98 Å². The fraction of sp³-hybridized carbons (Fsp3) is 0.500. The summed E-state index contributed by atoms with van der Waals surface area (Å²) >= 11 is 5.78. The maximum Gasteiger partial charge on any atom is 0.126 e. The molecule has 0 unspecified atom stereocenters. The number of hydrogen-bond acceptors (Lipinski definition) is 2. The number of hydrogen-bond donors (Lipinski definition) is 1. The van der Waals surface area contributed by atoms with E-state index in [1.54, 1.807) is 0 Å². The molecule has 0 fully saturated rings. The van der Waals surface area contributed by atoms with Crippen molar-refractivity contribution in [2.45, 2.75) is 26.3 Å². The molecule has 0 radical (unpaired) electrons. The van der Waals surface area contributed by atoms with Crippen LogP contribution >= 0.6 is 11.6 Å². The van der Waals surface area contributed by atoms with E-state index in [4.69, 9.17) is 11.6 Å². The van der Waals surface area contributed by atoms with Crippen molar-refractivity contribution >= 4 is 17.4 Å². The van der Waals surface area contributed by atoms with Gasteiger partial charge in [0.05, 0.1) is 0 Å². The number of halogens is 1. The molecule has 13 heavy (non-hydrogen) atoms. The summed E-state index contributed by atoms with van der Waals surface area (Å²) in [4.78, 5) is 4.24. The monoisotopic (exact) mass is 198 g/mol. The average molecular weight is 199 g/mol. The van der Waals surface area contributed by atoms with Crippen LogP contribution in [0, 0.1) is 6.92 Å². The van der Waals surface area contributed by atoms with Gasteiger partial charge >= 0.3 is 0 Å². The molecule has 0 atom stereocenters. The lowest BCUT2D eigenvalue weighted by Gasteiger charge is -2.23. The highest BCUT2D eigenvalue weighted by Gasteiger charge is 2.15. The normalized spacial score (nSPS) is 11.4. The van der Waals surface area contributed by atoms with Crippen LogP contribution in [0.1, 0.15) is 19.4 Å². The molecule has 0 aromatic carbocycles. The first-order valence-corrected chi connectivity index (χ1v) is 4.84. The first kappa shape index (κ1) is 10.3. The lowest BCUT2D eigenvalue weighted by atomic mass is 10.1. The third kappa shape index (κ3) is 3.23. The first-order valence-electron chi connectivity index (χ1n) is 4.30. The molecular weight excluding hydrogens is 184 g/mol. The number of anilines is 1. The third-order valence-corrected chi connectivity index (χ3v) is 2.38. The SMILES string of the molecule is Cc1ccc(NC(C)(C)CCl)nc1. The lowest BCUT2D eigenvalue weighted by Crippen LogP contribution is -2.33. The van der Waals surface area contributed by atoms with Gasteiger partial charge in [-0.1, -0.05) is 6.07 Å². The molecule has 0 aliphatic heterocycles. The van der Waals surface area contributed by atoms with Gasteiger partial charge in [0.2, 0.25) is 0 Å². The Morgan fingerprint density at radius 2 is 2.15 bits per heavy atom. The Bertz CT molecular complexity index is 267. The second kappa shape index (κ2) is 3.97. The van der Waals surface area contributed by atoms with Crippen LogP contribution in [0.2, 0.25) is 0 Å². The van der Waals surface area contributed by atoms with Gasteiger partial charge in [0.1, 0.15) is 5.82 Å². The van der Waals surface area contributed by atoms with Gasteiger partial charge in [-0.05, 0) is 32.4 Å². The minimum Gasteiger partial charge on any atom is -0.364 e. The molecule has 0 amide bonds. The Kier molecular flexibility index (Phi) is 3.15. The summed E-state index contributed by atoms with van der Waals surface area (Å²) in [6.07, 6.45) is 1.84. The van der Waals surface area contributed by atoms with Gasteiger partial charge in [-0.3, -0.25) is 0 Å². The molecule has 0 saturated heterocycles. The third-order valence-electron chi connectivity index (χ3n) is 1.71. The molecule has 72 valence electrons. The van der Waals surface area contributed by atoms with E-state index in [9.17, 15) is 0 Å². The number of aromatic nitrogens is 1. The van der Waals surface area contributed by atoms with E-state index in [-0.39, 0.29) is 5.54 Å². The number of aryl methyl sites for hydroxylation is 1. The zero-order valence-corrected chi connectivity index (χ0v) is 9.02. The van der Waals surface area contributed by atoms with Crippen molar-refractivity contribution in [2.75, 3.05) is 11.2 Å². The van der Waals surface area contributed by atoms with Crippen LogP contribution in [0.15, 0.2) is 18.3 Å². The summed E-state index contributed by atoms with van der Waals surface area (Å²) < 4.78 is 0. The van der Waals surface area contributed by atoms with Gasteiger partial charge in [0.25, 0.3) is 0 Å². The Balaban J connectivity index is 2.69. The molecule has 0 aliphatic rings. The largest absolute Gasteiger partial charge is 0.364 e. The summed E-state index contributed by atoms with van der Waals surface area (Å²) in [6.45, 7) is 6.10. The molecule has 1 N–H and O–H groups in total. The topological polar surface area (TPSA) is 24.9 Å². The summed E-state index contributed by atoms with van der Waals surface area (Å²) in [6, 6.07) is 3.99. The van der Waals surface area contributed by atoms with Crippen molar-refractivity contribution in [1.82, 2.24) is 4.98 Å². The minimum absolute atomic E-state index is 0.107. The van der Waals surface area contributed by atoms with E-state index in [0.717, 1.165) is 11.4 Å². The second-order valence-corrected chi connectivity index (χ2v) is 4.13. The zero-order chi connectivity index (χ0) is 9.90. The molecule has 3 heteroatoms. The van der Waals surface area contributed by atoms with E-state index in [0.29, 0.717) is 5.88 Å². The quantitative estimate of drug-likeness (QED) is 0.756. The standard InChI is InChI=1S/C10H15ClN2/c1-8-4-5-9(12-6-8)13-10(2,3)7-11/h4-6H,7H2,1-3H3,(H,12,13). The molecule has 1 aromatic rings. The predicted octanol–water partition coefficient (Wildman–Crippen LogP) is 2.82. The highest BCUT2D eigenvalue weighted by molar-refractivity contribution is 6.18. The maximum absolute atomic E-state index is 5.78. The molecule has 0 bridgehead atoms. The number of nitrogens with one attached hydrogen (secondary N) is 1. The van der Waals surface area contributed by atoms with Crippen molar-refractivity contribution in [3.63, 3.8) is 0 Å². The zero-order valence-electron chi connectivity index (χ0n) is 8.26. The molecule has 0 aliphatic carbocycles. The van der Waals surface area contributed by atoms with Crippen molar-refractivity contribution in [1.29, 1.82) is 0 Å². The second-order valence-electron chi connectivity index (χ2n) is 3.86. The predicted molar refractivity (Wildman–Crippen MR) is 57.4 cm³/mol. The molecular formula is C10H15ClN2. The van der Waals surface area contributed by atoms with Crippen LogP contribution in [0.5, 0.6) is 0 Å². The van der Waals surface area contributed by atoms with Crippen LogP contribution in [0.3, 0.4) is 0 Å². The van der Waals surface area contributed by atoms with Crippen LogP contribution in [-0.2, 0) is 0 Å². The smallest absolute Gasteiger partial charge is 0.126 e. The highest BCUT2D eigenvalue weighted by atomic mass is 35.5. The molecule has 0 saturated carbocycles. The van der Waals surface area contributed by atoms with Crippen LogP contribution in [-0.4, -0.2) is 16.4 Å². The van der Waals surface area contributed by atoms with Crippen LogP contribution in [0.25, 0.3) is 0 Å². The average Bonchev–Trinajstić information content (AvgIpc) is 2.09. The first-order chi connectivity index (χ1) is 6.03. The summed E-state index contributed by atoms with van der Waals surface area (Å²) in [5, 5.41) is 3.25. The minimum atomic E-state index is -0.107. The van der Waals surface area contributed by atoms with E-state index < -0.39 is 0 Å². The fourth-order valence-corrected chi connectivity index (χ4v) is 0.989. The van der Waals surface area contributed by atoms with Crippen molar-refractivity contribution in [3.05, 3.63) is 23.9 Å². The Hall–Kier alpha value is -0.760. The van der Waals surface area contributed by atoms with E-state index in [1.165, 1.54) is 0 Å².